The summed E-state index contributed by atoms with van der Waals surface area (Å²) in [6.45, 7) is 11.0. The molecule has 4 rings (SSSR count). The summed E-state index contributed by atoms with van der Waals surface area (Å²) in [5.74, 6) is 0. The van der Waals surface area contributed by atoms with Crippen LogP contribution in [0, 0.1) is 10.8 Å². The molecule has 0 saturated carbocycles. The third-order valence-corrected chi connectivity index (χ3v) is 4.63. The molecule has 4 fully saturated rings. The Hall–Kier alpha value is -0.120. The van der Waals surface area contributed by atoms with Crippen molar-refractivity contribution in [2.75, 3.05) is 26.2 Å². The van der Waals surface area contributed by atoms with Crippen molar-refractivity contribution in [1.82, 2.24) is 9.80 Å². The van der Waals surface area contributed by atoms with Crippen LogP contribution in [-0.2, 0) is 0 Å². The SMILES string of the molecule is CC1N2CC3(C)CN1CC(C)(C2)C3O. The first kappa shape index (κ1) is 9.13. The smallest absolute Gasteiger partial charge is 0.0696 e. The molecular formula is C11H20N2O. The summed E-state index contributed by atoms with van der Waals surface area (Å²) >= 11 is 0. The van der Waals surface area contributed by atoms with Crippen LogP contribution in [0.15, 0.2) is 0 Å². The van der Waals surface area contributed by atoms with Crippen LogP contribution >= 0.6 is 0 Å². The van der Waals surface area contributed by atoms with Gasteiger partial charge < -0.3 is 5.11 Å². The van der Waals surface area contributed by atoms with Crippen LogP contribution in [0.2, 0.25) is 0 Å². The van der Waals surface area contributed by atoms with E-state index in [0.29, 0.717) is 6.17 Å². The fraction of sp³-hybridized carbons (Fsp3) is 1.00. The summed E-state index contributed by atoms with van der Waals surface area (Å²) in [5, 5.41) is 10.4. The Bertz CT molecular complexity index is 240. The number of aliphatic hydroxyl groups is 1. The molecule has 4 saturated heterocycles. The Balaban J connectivity index is 2.03. The van der Waals surface area contributed by atoms with Crippen molar-refractivity contribution < 1.29 is 5.11 Å². The molecule has 4 aliphatic rings. The van der Waals surface area contributed by atoms with Crippen LogP contribution in [0.1, 0.15) is 20.8 Å². The molecule has 0 unspecified atom stereocenters. The predicted molar refractivity (Wildman–Crippen MR) is 54.8 cm³/mol. The fourth-order valence-electron chi connectivity index (χ4n) is 4.01. The molecule has 0 atom stereocenters. The fourth-order valence-corrected chi connectivity index (χ4v) is 4.01. The van der Waals surface area contributed by atoms with Gasteiger partial charge >= 0.3 is 0 Å². The van der Waals surface area contributed by atoms with E-state index in [1.165, 1.54) is 0 Å². The van der Waals surface area contributed by atoms with Gasteiger partial charge in [0, 0.05) is 37.0 Å². The highest BCUT2D eigenvalue weighted by Crippen LogP contribution is 2.50. The largest absolute Gasteiger partial charge is 0.392 e. The second kappa shape index (κ2) is 2.34. The van der Waals surface area contributed by atoms with Gasteiger partial charge in [0.25, 0.3) is 0 Å². The van der Waals surface area contributed by atoms with E-state index in [1.807, 2.05) is 0 Å². The van der Waals surface area contributed by atoms with Crippen LogP contribution < -0.4 is 0 Å². The minimum atomic E-state index is -0.116. The maximum Gasteiger partial charge on any atom is 0.0696 e. The molecule has 3 nitrogen and oxygen atoms in total. The lowest BCUT2D eigenvalue weighted by molar-refractivity contribution is -0.247. The summed E-state index contributed by atoms with van der Waals surface area (Å²) in [6, 6.07) is 0. The van der Waals surface area contributed by atoms with E-state index in [-0.39, 0.29) is 16.9 Å². The molecular weight excluding hydrogens is 176 g/mol. The molecule has 0 aromatic heterocycles. The summed E-state index contributed by atoms with van der Waals surface area (Å²) < 4.78 is 0. The van der Waals surface area contributed by atoms with Crippen LogP contribution in [0.25, 0.3) is 0 Å². The molecule has 0 aliphatic carbocycles. The maximum atomic E-state index is 10.4. The Morgan fingerprint density at radius 3 is 1.71 bits per heavy atom. The second-order valence-corrected chi connectivity index (χ2v) is 6.15. The zero-order valence-electron chi connectivity index (χ0n) is 9.32. The van der Waals surface area contributed by atoms with Gasteiger partial charge in [-0.2, -0.15) is 0 Å². The molecule has 1 N–H and O–H groups in total. The van der Waals surface area contributed by atoms with Crippen LogP contribution in [0.4, 0.5) is 0 Å². The van der Waals surface area contributed by atoms with Gasteiger partial charge in [-0.3, -0.25) is 9.80 Å². The van der Waals surface area contributed by atoms with Crippen molar-refractivity contribution in [3.05, 3.63) is 0 Å². The molecule has 4 bridgehead atoms. The average Bonchev–Trinajstić information content (AvgIpc) is 2.07. The molecule has 0 radical (unpaired) electrons. The van der Waals surface area contributed by atoms with Gasteiger partial charge in [0.2, 0.25) is 0 Å². The molecule has 0 aromatic rings. The molecule has 0 amide bonds. The number of hydrogen-bond acceptors (Lipinski definition) is 3. The Kier molecular flexibility index (Phi) is 1.53. The van der Waals surface area contributed by atoms with Gasteiger partial charge in [-0.25, -0.2) is 0 Å². The monoisotopic (exact) mass is 196 g/mol. The third-order valence-electron chi connectivity index (χ3n) is 4.63. The highest BCUT2D eigenvalue weighted by atomic mass is 16.3. The number of nitrogens with zero attached hydrogens (tertiary/aromatic N) is 2. The first-order valence-electron chi connectivity index (χ1n) is 5.61. The Labute approximate surface area is 85.7 Å². The summed E-state index contributed by atoms with van der Waals surface area (Å²) in [7, 11) is 0. The average molecular weight is 196 g/mol. The van der Waals surface area contributed by atoms with Crippen LogP contribution in [-0.4, -0.2) is 53.4 Å². The standard InChI is InChI=1S/C11H20N2O/c1-8-12-4-10(2)5-13(8)7-11(3,6-12)9(10)14/h8-9,14H,4-7H2,1-3H3. The number of hydrogen-bond donors (Lipinski definition) is 1. The first-order valence-corrected chi connectivity index (χ1v) is 5.61. The van der Waals surface area contributed by atoms with Crippen molar-refractivity contribution in [1.29, 1.82) is 0 Å². The van der Waals surface area contributed by atoms with Gasteiger partial charge in [0.05, 0.1) is 12.3 Å². The lowest BCUT2D eigenvalue weighted by atomic mass is 9.61. The predicted octanol–water partition coefficient (Wildman–Crippen LogP) is 0.351. The number of rotatable bonds is 0. The van der Waals surface area contributed by atoms with Crippen LogP contribution in [0.5, 0.6) is 0 Å². The highest BCUT2D eigenvalue weighted by molar-refractivity contribution is 5.12. The minimum absolute atomic E-state index is 0.109. The van der Waals surface area contributed by atoms with Crippen molar-refractivity contribution >= 4 is 0 Å². The van der Waals surface area contributed by atoms with Crippen molar-refractivity contribution in [2.24, 2.45) is 10.8 Å². The van der Waals surface area contributed by atoms with E-state index >= 15 is 0 Å². The molecule has 3 heteroatoms. The molecule has 0 spiro atoms. The normalized spacial score (nSPS) is 66.0. The van der Waals surface area contributed by atoms with Gasteiger partial charge in [-0.15, -0.1) is 0 Å². The van der Waals surface area contributed by atoms with E-state index in [4.69, 9.17) is 0 Å². The Morgan fingerprint density at radius 1 is 1.00 bits per heavy atom. The first-order chi connectivity index (χ1) is 6.45. The number of piperidine rings is 2. The maximum absolute atomic E-state index is 10.4. The molecule has 0 aromatic carbocycles. The summed E-state index contributed by atoms with van der Waals surface area (Å²) in [6.07, 6.45) is 0.471. The van der Waals surface area contributed by atoms with Gasteiger partial charge in [0.1, 0.15) is 0 Å². The quantitative estimate of drug-likeness (QED) is 0.605. The highest BCUT2D eigenvalue weighted by Gasteiger charge is 2.60. The summed E-state index contributed by atoms with van der Waals surface area (Å²) in [4.78, 5) is 5.06. The third kappa shape index (κ3) is 0.884. The Morgan fingerprint density at radius 2 is 1.36 bits per heavy atom. The van der Waals surface area contributed by atoms with E-state index in [1.54, 1.807) is 0 Å². The van der Waals surface area contributed by atoms with Crippen molar-refractivity contribution in [2.45, 2.75) is 33.0 Å². The number of aliphatic hydroxyl groups excluding tert-OH is 1. The lowest BCUT2D eigenvalue weighted by Gasteiger charge is -2.67. The minimum Gasteiger partial charge on any atom is -0.392 e. The second-order valence-electron chi connectivity index (χ2n) is 6.15. The van der Waals surface area contributed by atoms with Crippen molar-refractivity contribution in [3.8, 4) is 0 Å². The molecule has 80 valence electrons. The van der Waals surface area contributed by atoms with Crippen molar-refractivity contribution in [3.63, 3.8) is 0 Å². The lowest BCUT2D eigenvalue weighted by Crippen LogP contribution is -2.78. The van der Waals surface area contributed by atoms with Crippen LogP contribution in [0.3, 0.4) is 0 Å². The van der Waals surface area contributed by atoms with E-state index in [2.05, 4.69) is 30.6 Å². The molecule has 14 heavy (non-hydrogen) atoms. The van der Waals surface area contributed by atoms with Gasteiger partial charge in [-0.05, 0) is 6.92 Å². The van der Waals surface area contributed by atoms with Gasteiger partial charge in [-0.1, -0.05) is 13.8 Å². The topological polar surface area (TPSA) is 26.7 Å². The van der Waals surface area contributed by atoms with E-state index in [9.17, 15) is 5.11 Å². The molecule has 4 heterocycles. The van der Waals surface area contributed by atoms with E-state index in [0.717, 1.165) is 26.2 Å². The zero-order chi connectivity index (χ0) is 10.1. The van der Waals surface area contributed by atoms with E-state index < -0.39 is 0 Å². The molecule has 4 aliphatic heterocycles. The zero-order valence-corrected chi connectivity index (χ0v) is 9.32. The summed E-state index contributed by atoms with van der Waals surface area (Å²) in [5.41, 5.74) is 0.218. The van der Waals surface area contributed by atoms with Gasteiger partial charge in [0.15, 0.2) is 0 Å².